The van der Waals surface area contributed by atoms with E-state index >= 15 is 0 Å². The van der Waals surface area contributed by atoms with E-state index in [0.29, 0.717) is 12.0 Å². The smallest absolute Gasteiger partial charge is 0.243 e. The first-order valence-corrected chi connectivity index (χ1v) is 9.28. The fraction of sp³-hybridized carbons (Fsp3) is 0.556. The van der Waals surface area contributed by atoms with Crippen molar-refractivity contribution in [2.24, 2.45) is 4.99 Å². The van der Waals surface area contributed by atoms with Gasteiger partial charge in [-0.1, -0.05) is 47.0 Å². The van der Waals surface area contributed by atoms with Crippen molar-refractivity contribution < 1.29 is 4.79 Å². The number of carbonyl (C=O) groups excluding carboxylic acids is 1. The molecule has 1 aromatic carbocycles. The number of nitrogens with one attached hydrogen (secondary N) is 2. The second kappa shape index (κ2) is 9.06. The summed E-state index contributed by atoms with van der Waals surface area (Å²) in [6.07, 6.45) is 4.82. The molecule has 1 aliphatic carbocycles. The number of nitrogens with zero attached hydrogens (tertiary/aromatic N) is 2. The fourth-order valence-corrected chi connectivity index (χ4v) is 3.42. The quantitative estimate of drug-likeness (QED) is 0.595. The first kappa shape index (κ1) is 18.8. The molecule has 0 heterocycles. The summed E-state index contributed by atoms with van der Waals surface area (Å²) in [6, 6.07) is 8.67. The third kappa shape index (κ3) is 5.51. The van der Waals surface area contributed by atoms with Gasteiger partial charge in [0.25, 0.3) is 0 Å². The maximum absolute atomic E-state index is 11.9. The molecule has 1 atom stereocenters. The summed E-state index contributed by atoms with van der Waals surface area (Å²) >= 11 is 3.60. The highest BCUT2D eigenvalue weighted by Crippen LogP contribution is 2.23. The van der Waals surface area contributed by atoms with Crippen molar-refractivity contribution in [1.29, 1.82) is 0 Å². The summed E-state index contributed by atoms with van der Waals surface area (Å²) in [5, 5.41) is 6.92. The minimum Gasteiger partial charge on any atom is -0.354 e. The Labute approximate surface area is 153 Å². The van der Waals surface area contributed by atoms with Crippen molar-refractivity contribution in [1.82, 2.24) is 15.5 Å². The summed E-state index contributed by atoms with van der Waals surface area (Å²) < 4.78 is 1.06. The summed E-state index contributed by atoms with van der Waals surface area (Å²) in [6.45, 7) is 2.25. The maximum Gasteiger partial charge on any atom is 0.243 e. The molecule has 1 fully saturated rings. The Kier molecular flexibility index (Phi) is 7.09. The average molecular weight is 395 g/mol. The highest BCUT2D eigenvalue weighted by atomic mass is 79.9. The molecule has 132 valence electrons. The Morgan fingerprint density at radius 2 is 2.00 bits per heavy atom. The van der Waals surface area contributed by atoms with Crippen molar-refractivity contribution in [3.63, 3.8) is 0 Å². The number of hydrogen-bond donors (Lipinski definition) is 2. The summed E-state index contributed by atoms with van der Waals surface area (Å²) in [5.74, 6) is 0.705. The molecule has 0 spiro atoms. The molecule has 2 N–H and O–H groups in total. The number of hydrogen-bond acceptors (Lipinski definition) is 2. The van der Waals surface area contributed by atoms with Crippen LogP contribution in [-0.4, -0.2) is 43.4 Å². The number of carbonyl (C=O) groups is 1. The normalized spacial score (nSPS) is 16.8. The molecule has 1 unspecified atom stereocenters. The number of rotatable bonds is 5. The van der Waals surface area contributed by atoms with Crippen LogP contribution in [0.5, 0.6) is 0 Å². The lowest BCUT2D eigenvalue weighted by molar-refractivity contribution is -0.127. The van der Waals surface area contributed by atoms with Crippen LogP contribution >= 0.6 is 15.9 Å². The van der Waals surface area contributed by atoms with Gasteiger partial charge in [-0.25, -0.2) is 4.99 Å². The van der Waals surface area contributed by atoms with Gasteiger partial charge in [0.15, 0.2) is 5.96 Å². The number of amides is 1. The average Bonchev–Trinajstić information content (AvgIpc) is 3.05. The first-order valence-electron chi connectivity index (χ1n) is 8.49. The molecule has 1 saturated carbocycles. The number of guanidine groups is 1. The van der Waals surface area contributed by atoms with Crippen LogP contribution in [0.3, 0.4) is 0 Å². The van der Waals surface area contributed by atoms with Gasteiger partial charge < -0.3 is 15.5 Å². The van der Waals surface area contributed by atoms with Crippen LogP contribution in [0, 0.1) is 0 Å². The van der Waals surface area contributed by atoms with E-state index < -0.39 is 0 Å². The highest BCUT2D eigenvalue weighted by Gasteiger charge is 2.18. The minimum absolute atomic E-state index is 0.00364. The monoisotopic (exact) mass is 394 g/mol. The predicted octanol–water partition coefficient (Wildman–Crippen LogP) is 3.08. The second-order valence-corrected chi connectivity index (χ2v) is 7.32. The van der Waals surface area contributed by atoms with Gasteiger partial charge in [-0.2, -0.15) is 0 Å². The van der Waals surface area contributed by atoms with Gasteiger partial charge in [0.05, 0.1) is 6.04 Å². The van der Waals surface area contributed by atoms with E-state index in [9.17, 15) is 4.79 Å². The van der Waals surface area contributed by atoms with Gasteiger partial charge in [-0.3, -0.25) is 4.79 Å². The van der Waals surface area contributed by atoms with Crippen LogP contribution in [-0.2, 0) is 4.79 Å². The van der Waals surface area contributed by atoms with Crippen molar-refractivity contribution in [3.05, 3.63) is 34.3 Å². The molecule has 0 aliphatic heterocycles. The molecule has 2 rings (SSSR count). The third-order valence-corrected chi connectivity index (χ3v) is 5.01. The van der Waals surface area contributed by atoms with E-state index in [1.54, 1.807) is 19.0 Å². The second-order valence-electron chi connectivity index (χ2n) is 6.47. The van der Waals surface area contributed by atoms with Crippen LogP contribution in [0.25, 0.3) is 0 Å². The molecule has 1 amide bonds. The standard InChI is InChI=1S/C18H27BrN4O/c1-13(15-10-6-7-11-16(15)19)21-18(20-12-17(24)23(2)3)22-14-8-4-5-9-14/h6-7,10-11,13-14H,4-5,8-9,12H2,1-3H3,(H2,20,21,22). The number of halogens is 1. The molecule has 5 nitrogen and oxygen atoms in total. The van der Waals surface area contributed by atoms with Gasteiger partial charge >= 0.3 is 0 Å². The maximum atomic E-state index is 11.9. The van der Waals surface area contributed by atoms with E-state index in [1.807, 2.05) is 18.2 Å². The summed E-state index contributed by atoms with van der Waals surface area (Å²) in [7, 11) is 3.50. The topological polar surface area (TPSA) is 56.7 Å². The highest BCUT2D eigenvalue weighted by molar-refractivity contribution is 9.10. The SMILES string of the molecule is CC(NC(=NCC(=O)N(C)C)NC1CCCC1)c1ccccc1Br. The fourth-order valence-electron chi connectivity index (χ4n) is 2.79. The van der Waals surface area contributed by atoms with Gasteiger partial charge in [0.2, 0.25) is 5.91 Å². The largest absolute Gasteiger partial charge is 0.354 e. The third-order valence-electron chi connectivity index (χ3n) is 4.29. The van der Waals surface area contributed by atoms with Gasteiger partial charge in [0.1, 0.15) is 6.54 Å². The Balaban J connectivity index is 2.07. The first-order chi connectivity index (χ1) is 11.5. The lowest BCUT2D eigenvalue weighted by Crippen LogP contribution is -2.44. The number of aliphatic imine (C=N–C) groups is 1. The van der Waals surface area contributed by atoms with E-state index in [0.717, 1.165) is 22.9 Å². The molecule has 6 heteroatoms. The Bertz CT molecular complexity index is 582. The van der Waals surface area contributed by atoms with E-state index in [4.69, 9.17) is 0 Å². The molecule has 24 heavy (non-hydrogen) atoms. The van der Waals surface area contributed by atoms with Gasteiger partial charge in [-0.15, -0.1) is 0 Å². The Hall–Kier alpha value is -1.56. The predicted molar refractivity (Wildman–Crippen MR) is 102 cm³/mol. The van der Waals surface area contributed by atoms with Crippen LogP contribution in [0.1, 0.15) is 44.2 Å². The van der Waals surface area contributed by atoms with Crippen LogP contribution < -0.4 is 10.6 Å². The van der Waals surface area contributed by atoms with Crippen molar-refractivity contribution >= 4 is 27.8 Å². The van der Waals surface area contributed by atoms with Gasteiger partial charge in [-0.05, 0) is 31.4 Å². The van der Waals surface area contributed by atoms with Crippen LogP contribution in [0.2, 0.25) is 0 Å². The van der Waals surface area contributed by atoms with Crippen LogP contribution in [0.15, 0.2) is 33.7 Å². The number of benzene rings is 1. The van der Waals surface area contributed by atoms with Crippen LogP contribution in [0.4, 0.5) is 0 Å². The van der Waals surface area contributed by atoms with Crippen molar-refractivity contribution in [2.75, 3.05) is 20.6 Å². The minimum atomic E-state index is -0.00364. The zero-order valence-corrected chi connectivity index (χ0v) is 16.3. The lowest BCUT2D eigenvalue weighted by atomic mass is 10.1. The number of likely N-dealkylation sites (N-methyl/N-ethyl adjacent to an activating group) is 1. The zero-order valence-electron chi connectivity index (χ0n) is 14.7. The molecule has 1 aromatic rings. The molecular weight excluding hydrogens is 368 g/mol. The molecule has 0 saturated heterocycles. The summed E-state index contributed by atoms with van der Waals surface area (Å²) in [5.41, 5.74) is 1.16. The molecule has 0 aromatic heterocycles. The van der Waals surface area contributed by atoms with Gasteiger partial charge in [0, 0.05) is 24.6 Å². The molecular formula is C18H27BrN4O. The Morgan fingerprint density at radius 1 is 1.33 bits per heavy atom. The zero-order chi connectivity index (χ0) is 17.5. The molecule has 1 aliphatic rings. The molecule has 0 bridgehead atoms. The van der Waals surface area contributed by atoms with Crippen molar-refractivity contribution in [3.8, 4) is 0 Å². The summed E-state index contributed by atoms with van der Waals surface area (Å²) in [4.78, 5) is 17.9. The van der Waals surface area contributed by atoms with E-state index in [-0.39, 0.29) is 18.5 Å². The van der Waals surface area contributed by atoms with Crippen molar-refractivity contribution in [2.45, 2.75) is 44.7 Å². The van der Waals surface area contributed by atoms with E-state index in [2.05, 4.69) is 44.5 Å². The van der Waals surface area contributed by atoms with E-state index in [1.165, 1.54) is 12.8 Å². The molecule has 0 radical (unpaired) electrons. The Morgan fingerprint density at radius 3 is 2.62 bits per heavy atom. The lowest BCUT2D eigenvalue weighted by Gasteiger charge is -2.22.